The van der Waals surface area contributed by atoms with E-state index in [-0.39, 0.29) is 6.04 Å². The third-order valence-electron chi connectivity index (χ3n) is 2.94. The molecule has 0 saturated carbocycles. The van der Waals surface area contributed by atoms with Crippen LogP contribution in [0.2, 0.25) is 10.0 Å². The zero-order valence-electron chi connectivity index (χ0n) is 10.6. The molecule has 3 N–H and O–H groups in total. The minimum atomic E-state index is 0.0774. The van der Waals surface area contributed by atoms with Gasteiger partial charge in [0.15, 0.2) is 0 Å². The van der Waals surface area contributed by atoms with Crippen LogP contribution < -0.4 is 11.3 Å². The van der Waals surface area contributed by atoms with E-state index in [1.54, 1.807) is 10.7 Å². The largest absolute Gasteiger partial charge is 0.276 e. The van der Waals surface area contributed by atoms with E-state index in [1.165, 1.54) is 0 Å². The number of aryl methyl sites for hydroxylation is 1. The summed E-state index contributed by atoms with van der Waals surface area (Å²) < 4.78 is 1.78. The van der Waals surface area contributed by atoms with Crippen LogP contribution in [0.3, 0.4) is 0 Å². The van der Waals surface area contributed by atoms with Crippen molar-refractivity contribution in [2.45, 2.75) is 18.9 Å². The Bertz CT molecular complexity index is 553. The van der Waals surface area contributed by atoms with E-state index in [0.717, 1.165) is 24.1 Å². The molecule has 6 heteroatoms. The quantitative estimate of drug-likeness (QED) is 0.658. The monoisotopic (exact) mass is 298 g/mol. The van der Waals surface area contributed by atoms with Gasteiger partial charge in [-0.15, -0.1) is 0 Å². The molecule has 0 fully saturated rings. The molecule has 2 rings (SSSR count). The maximum atomic E-state index is 6.16. The van der Waals surface area contributed by atoms with Crippen molar-refractivity contribution in [2.75, 3.05) is 0 Å². The molecule has 0 amide bonds. The van der Waals surface area contributed by atoms with Gasteiger partial charge in [-0.25, -0.2) is 0 Å². The number of hydrogen-bond acceptors (Lipinski definition) is 3. The predicted molar refractivity (Wildman–Crippen MR) is 78.2 cm³/mol. The Morgan fingerprint density at radius 2 is 2.11 bits per heavy atom. The van der Waals surface area contributed by atoms with Gasteiger partial charge in [-0.3, -0.25) is 16.0 Å². The van der Waals surface area contributed by atoms with Gasteiger partial charge in [-0.05, 0) is 30.2 Å². The molecule has 1 heterocycles. The van der Waals surface area contributed by atoms with Crippen molar-refractivity contribution in [2.24, 2.45) is 12.9 Å². The third-order valence-corrected chi connectivity index (χ3v) is 3.53. The minimum Gasteiger partial charge on any atom is -0.276 e. The van der Waals surface area contributed by atoms with E-state index in [4.69, 9.17) is 29.0 Å². The molecule has 0 aliphatic rings. The molecule has 0 bridgehead atoms. The van der Waals surface area contributed by atoms with Gasteiger partial charge in [0.05, 0.1) is 5.69 Å². The molecular formula is C13H16Cl2N4. The molecule has 0 spiro atoms. The van der Waals surface area contributed by atoms with E-state index in [1.807, 2.05) is 31.4 Å². The zero-order valence-corrected chi connectivity index (χ0v) is 12.1. The van der Waals surface area contributed by atoms with Crippen LogP contribution in [0.1, 0.15) is 11.3 Å². The molecule has 1 atom stereocenters. The number of nitrogens with zero attached hydrogens (tertiary/aromatic N) is 2. The van der Waals surface area contributed by atoms with Crippen LogP contribution in [0, 0.1) is 0 Å². The lowest BCUT2D eigenvalue weighted by Crippen LogP contribution is -2.38. The average Bonchev–Trinajstić information content (AvgIpc) is 2.77. The highest BCUT2D eigenvalue weighted by Crippen LogP contribution is 2.22. The molecule has 4 nitrogen and oxygen atoms in total. The fourth-order valence-corrected chi connectivity index (χ4v) is 2.45. The molecule has 102 valence electrons. The standard InChI is InChI=1S/C13H16Cl2N4/c1-19-5-4-11(18-19)8-12(17-16)6-9-2-3-10(14)7-13(9)15/h2-5,7,12,17H,6,8,16H2,1H3. The topological polar surface area (TPSA) is 55.9 Å². The lowest BCUT2D eigenvalue weighted by Gasteiger charge is -2.15. The van der Waals surface area contributed by atoms with Gasteiger partial charge in [-0.1, -0.05) is 29.3 Å². The number of rotatable bonds is 5. The minimum absolute atomic E-state index is 0.0774. The first-order valence-corrected chi connectivity index (χ1v) is 6.72. The first-order valence-electron chi connectivity index (χ1n) is 5.97. The van der Waals surface area contributed by atoms with Gasteiger partial charge in [0.25, 0.3) is 0 Å². The second kappa shape index (κ2) is 6.39. The van der Waals surface area contributed by atoms with Crippen molar-refractivity contribution in [1.82, 2.24) is 15.2 Å². The van der Waals surface area contributed by atoms with Crippen LogP contribution >= 0.6 is 23.2 Å². The van der Waals surface area contributed by atoms with Crippen molar-refractivity contribution < 1.29 is 0 Å². The Kier molecular flexibility index (Phi) is 4.82. The van der Waals surface area contributed by atoms with Gasteiger partial charge < -0.3 is 0 Å². The smallest absolute Gasteiger partial charge is 0.0640 e. The highest BCUT2D eigenvalue weighted by molar-refractivity contribution is 6.35. The predicted octanol–water partition coefficient (Wildman–Crippen LogP) is 2.34. The number of hydrazine groups is 1. The number of benzene rings is 1. The summed E-state index contributed by atoms with van der Waals surface area (Å²) in [6.45, 7) is 0. The van der Waals surface area contributed by atoms with Crippen molar-refractivity contribution in [3.63, 3.8) is 0 Å². The van der Waals surface area contributed by atoms with Crippen LogP contribution in [-0.2, 0) is 19.9 Å². The second-order valence-corrected chi connectivity index (χ2v) is 5.33. The summed E-state index contributed by atoms with van der Waals surface area (Å²) in [5.41, 5.74) is 4.82. The second-order valence-electron chi connectivity index (χ2n) is 4.49. The lowest BCUT2D eigenvalue weighted by molar-refractivity contribution is 0.514. The number of nitrogens with one attached hydrogen (secondary N) is 1. The summed E-state index contributed by atoms with van der Waals surface area (Å²) in [4.78, 5) is 0. The SMILES string of the molecule is Cn1ccc(CC(Cc2ccc(Cl)cc2Cl)NN)n1. The Labute approximate surface area is 122 Å². The first-order chi connectivity index (χ1) is 9.08. The van der Waals surface area contributed by atoms with Crippen LogP contribution in [0.15, 0.2) is 30.5 Å². The maximum absolute atomic E-state index is 6.16. The van der Waals surface area contributed by atoms with Crippen molar-refractivity contribution in [3.05, 3.63) is 51.8 Å². The number of hydrogen-bond donors (Lipinski definition) is 2. The van der Waals surface area contributed by atoms with E-state index in [2.05, 4.69) is 10.5 Å². The molecule has 0 aliphatic carbocycles. The molecule has 1 aromatic carbocycles. The number of aromatic nitrogens is 2. The Morgan fingerprint density at radius 1 is 1.32 bits per heavy atom. The first kappa shape index (κ1) is 14.3. The molecule has 1 unspecified atom stereocenters. The van der Waals surface area contributed by atoms with Crippen molar-refractivity contribution >= 4 is 23.2 Å². The van der Waals surface area contributed by atoms with E-state index in [9.17, 15) is 0 Å². The van der Waals surface area contributed by atoms with Crippen LogP contribution in [0.4, 0.5) is 0 Å². The summed E-state index contributed by atoms with van der Waals surface area (Å²) in [6, 6.07) is 7.55. The summed E-state index contributed by atoms with van der Waals surface area (Å²) in [5.74, 6) is 5.60. The maximum Gasteiger partial charge on any atom is 0.0640 e. The zero-order chi connectivity index (χ0) is 13.8. The van der Waals surface area contributed by atoms with Gasteiger partial charge >= 0.3 is 0 Å². The Morgan fingerprint density at radius 3 is 2.68 bits per heavy atom. The summed E-state index contributed by atoms with van der Waals surface area (Å²) >= 11 is 12.0. The fraction of sp³-hybridized carbons (Fsp3) is 0.308. The van der Waals surface area contributed by atoms with Gasteiger partial charge in [0.2, 0.25) is 0 Å². The highest BCUT2D eigenvalue weighted by atomic mass is 35.5. The van der Waals surface area contributed by atoms with E-state index in [0.29, 0.717) is 10.0 Å². The number of halogens is 2. The lowest BCUT2D eigenvalue weighted by atomic mass is 10.0. The fourth-order valence-electron chi connectivity index (χ4n) is 1.97. The van der Waals surface area contributed by atoms with E-state index >= 15 is 0 Å². The van der Waals surface area contributed by atoms with Crippen molar-refractivity contribution in [3.8, 4) is 0 Å². The molecule has 0 aliphatic heterocycles. The van der Waals surface area contributed by atoms with Gasteiger partial charge in [0.1, 0.15) is 0 Å². The van der Waals surface area contributed by atoms with Crippen LogP contribution in [-0.4, -0.2) is 15.8 Å². The highest BCUT2D eigenvalue weighted by Gasteiger charge is 2.12. The van der Waals surface area contributed by atoms with E-state index < -0.39 is 0 Å². The van der Waals surface area contributed by atoms with Crippen LogP contribution in [0.5, 0.6) is 0 Å². The molecule has 19 heavy (non-hydrogen) atoms. The van der Waals surface area contributed by atoms with Gasteiger partial charge in [-0.2, -0.15) is 5.10 Å². The third kappa shape index (κ3) is 3.94. The summed E-state index contributed by atoms with van der Waals surface area (Å²) in [6.07, 6.45) is 3.39. The summed E-state index contributed by atoms with van der Waals surface area (Å²) in [5, 5.41) is 5.64. The normalized spacial score (nSPS) is 12.6. The molecule has 1 aromatic heterocycles. The molecular weight excluding hydrogens is 283 g/mol. The van der Waals surface area contributed by atoms with Crippen LogP contribution in [0.25, 0.3) is 0 Å². The number of nitrogens with two attached hydrogens (primary N) is 1. The van der Waals surface area contributed by atoms with Crippen molar-refractivity contribution in [1.29, 1.82) is 0 Å². The summed E-state index contributed by atoms with van der Waals surface area (Å²) in [7, 11) is 1.89. The molecule has 0 saturated heterocycles. The molecule has 2 aromatic rings. The Balaban J connectivity index is 2.06. The van der Waals surface area contributed by atoms with Gasteiger partial charge in [0, 0.05) is 35.8 Å². The average molecular weight is 299 g/mol. The Hall–Kier alpha value is -1.07. The molecule has 0 radical (unpaired) electrons.